The summed E-state index contributed by atoms with van der Waals surface area (Å²) in [7, 11) is 1.51. The van der Waals surface area contributed by atoms with Crippen molar-refractivity contribution >= 4 is 5.97 Å². The Morgan fingerprint density at radius 2 is 2.06 bits per heavy atom. The molecule has 1 aromatic rings. The van der Waals surface area contributed by atoms with Gasteiger partial charge in [-0.15, -0.1) is 0 Å². The molecule has 0 amide bonds. The molecule has 1 fully saturated rings. The van der Waals surface area contributed by atoms with E-state index < -0.39 is 5.97 Å². The van der Waals surface area contributed by atoms with Gasteiger partial charge < -0.3 is 9.84 Å². The smallest absolute Gasteiger partial charge is 0.343 e. The quantitative estimate of drug-likeness (QED) is 0.894. The summed E-state index contributed by atoms with van der Waals surface area (Å²) in [4.78, 5) is 11.4. The third kappa shape index (κ3) is 2.09. The van der Waals surface area contributed by atoms with E-state index in [9.17, 15) is 9.90 Å². The van der Waals surface area contributed by atoms with Crippen molar-refractivity contribution in [3.8, 4) is 5.88 Å². The first-order chi connectivity index (χ1) is 8.56. The number of carboxylic acids is 1. The zero-order valence-corrected chi connectivity index (χ0v) is 11.1. The highest BCUT2D eigenvalue weighted by Gasteiger charge is 2.30. The summed E-state index contributed by atoms with van der Waals surface area (Å²) in [5, 5.41) is 13.8. The van der Waals surface area contributed by atoms with Crippen molar-refractivity contribution in [1.82, 2.24) is 9.78 Å². The summed E-state index contributed by atoms with van der Waals surface area (Å²) < 4.78 is 7.08. The van der Waals surface area contributed by atoms with Crippen LogP contribution < -0.4 is 4.74 Å². The molecule has 0 aliphatic heterocycles. The third-order valence-corrected chi connectivity index (χ3v) is 3.52. The predicted octanol–water partition coefficient (Wildman–Crippen LogP) is 2.83. The Labute approximate surface area is 107 Å². The van der Waals surface area contributed by atoms with Gasteiger partial charge in [0.05, 0.1) is 18.8 Å². The molecule has 0 atom stereocenters. The molecule has 2 rings (SSSR count). The number of rotatable bonds is 4. The Bertz CT molecular complexity index is 445. The Kier molecular flexibility index (Phi) is 3.59. The number of aromatic carboxylic acids is 1. The zero-order valence-electron chi connectivity index (χ0n) is 11.1. The van der Waals surface area contributed by atoms with Crippen molar-refractivity contribution < 1.29 is 14.6 Å². The molecule has 0 bridgehead atoms. The van der Waals surface area contributed by atoms with Gasteiger partial charge in [0.1, 0.15) is 5.56 Å². The van der Waals surface area contributed by atoms with Gasteiger partial charge in [0.15, 0.2) is 0 Å². The van der Waals surface area contributed by atoms with Gasteiger partial charge in [-0.05, 0) is 18.8 Å². The van der Waals surface area contributed by atoms with Crippen LogP contribution in [-0.4, -0.2) is 28.0 Å². The average molecular weight is 252 g/mol. The summed E-state index contributed by atoms with van der Waals surface area (Å²) in [5.41, 5.74) is 0.839. The molecule has 5 nitrogen and oxygen atoms in total. The summed E-state index contributed by atoms with van der Waals surface area (Å²) >= 11 is 0. The Morgan fingerprint density at radius 3 is 2.50 bits per heavy atom. The largest absolute Gasteiger partial charge is 0.481 e. The number of ether oxygens (including phenoxy) is 1. The van der Waals surface area contributed by atoms with E-state index in [4.69, 9.17) is 4.74 Å². The molecule has 1 aromatic heterocycles. The van der Waals surface area contributed by atoms with Crippen LogP contribution >= 0.6 is 0 Å². The topological polar surface area (TPSA) is 64.3 Å². The zero-order chi connectivity index (χ0) is 13.3. The van der Waals surface area contributed by atoms with E-state index in [-0.39, 0.29) is 17.5 Å². The van der Waals surface area contributed by atoms with E-state index >= 15 is 0 Å². The maximum atomic E-state index is 11.4. The minimum Gasteiger partial charge on any atom is -0.481 e. The van der Waals surface area contributed by atoms with Gasteiger partial charge in [-0.2, -0.15) is 5.10 Å². The first kappa shape index (κ1) is 12.9. The van der Waals surface area contributed by atoms with Gasteiger partial charge >= 0.3 is 5.97 Å². The van der Waals surface area contributed by atoms with E-state index in [1.807, 2.05) is 13.8 Å². The molecule has 0 aromatic carbocycles. The van der Waals surface area contributed by atoms with Crippen LogP contribution in [-0.2, 0) is 0 Å². The van der Waals surface area contributed by atoms with Crippen LogP contribution in [0.1, 0.15) is 67.5 Å². The molecule has 5 heteroatoms. The maximum absolute atomic E-state index is 11.4. The van der Waals surface area contributed by atoms with E-state index in [0.29, 0.717) is 11.6 Å². The highest BCUT2D eigenvalue weighted by atomic mass is 16.5. The number of aromatic nitrogens is 2. The number of carboxylic acid groups (broad SMARTS) is 1. The van der Waals surface area contributed by atoms with Crippen LogP contribution in [0.5, 0.6) is 5.88 Å². The Morgan fingerprint density at radius 1 is 1.44 bits per heavy atom. The molecule has 0 unspecified atom stereocenters. The monoisotopic (exact) mass is 252 g/mol. The number of nitrogens with zero attached hydrogens (tertiary/aromatic N) is 2. The first-order valence-electron chi connectivity index (χ1n) is 6.46. The second-order valence-corrected chi connectivity index (χ2v) is 5.11. The molecular weight excluding hydrogens is 232 g/mol. The third-order valence-electron chi connectivity index (χ3n) is 3.52. The number of carbonyl (C=O) groups is 1. The van der Waals surface area contributed by atoms with Crippen molar-refractivity contribution in [2.45, 2.75) is 51.5 Å². The van der Waals surface area contributed by atoms with Crippen molar-refractivity contribution in [3.05, 3.63) is 11.3 Å². The fraction of sp³-hybridized carbons (Fsp3) is 0.692. The second kappa shape index (κ2) is 5.00. The maximum Gasteiger partial charge on any atom is 0.343 e. The molecule has 100 valence electrons. The standard InChI is InChI=1S/C13H20N2O3/c1-8(2)11-10(13(16)17)12(18-3)15(14-11)9-6-4-5-7-9/h8-9H,4-7H2,1-3H3,(H,16,17). The lowest BCUT2D eigenvalue weighted by atomic mass is 10.1. The summed E-state index contributed by atoms with van der Waals surface area (Å²) in [6.07, 6.45) is 4.45. The van der Waals surface area contributed by atoms with Crippen LogP contribution in [0.2, 0.25) is 0 Å². The van der Waals surface area contributed by atoms with Crippen LogP contribution in [0.3, 0.4) is 0 Å². The van der Waals surface area contributed by atoms with Gasteiger partial charge in [-0.1, -0.05) is 26.7 Å². The summed E-state index contributed by atoms with van der Waals surface area (Å²) in [6, 6.07) is 0.283. The van der Waals surface area contributed by atoms with Gasteiger partial charge in [-0.25, -0.2) is 9.48 Å². The molecule has 1 N–H and O–H groups in total. The molecule has 0 spiro atoms. The van der Waals surface area contributed by atoms with Gasteiger partial charge in [0, 0.05) is 0 Å². The molecule has 0 radical (unpaired) electrons. The van der Waals surface area contributed by atoms with Crippen LogP contribution in [0.15, 0.2) is 0 Å². The van der Waals surface area contributed by atoms with E-state index in [1.54, 1.807) is 4.68 Å². The van der Waals surface area contributed by atoms with E-state index in [0.717, 1.165) is 12.8 Å². The lowest BCUT2D eigenvalue weighted by Gasteiger charge is -2.13. The van der Waals surface area contributed by atoms with Crippen LogP contribution in [0.4, 0.5) is 0 Å². The fourth-order valence-electron chi connectivity index (χ4n) is 2.63. The number of hydrogen-bond donors (Lipinski definition) is 1. The first-order valence-corrected chi connectivity index (χ1v) is 6.46. The molecule has 0 saturated heterocycles. The lowest BCUT2D eigenvalue weighted by molar-refractivity contribution is 0.0691. The number of hydrogen-bond acceptors (Lipinski definition) is 3. The van der Waals surface area contributed by atoms with Crippen molar-refractivity contribution in [2.24, 2.45) is 0 Å². The second-order valence-electron chi connectivity index (χ2n) is 5.11. The SMILES string of the molecule is COc1c(C(=O)O)c(C(C)C)nn1C1CCCC1. The van der Waals surface area contributed by atoms with E-state index in [1.165, 1.54) is 20.0 Å². The van der Waals surface area contributed by atoms with Crippen molar-refractivity contribution in [3.63, 3.8) is 0 Å². The number of methoxy groups -OCH3 is 1. The minimum absolute atomic E-state index is 0.0765. The minimum atomic E-state index is -0.959. The van der Waals surface area contributed by atoms with Crippen molar-refractivity contribution in [1.29, 1.82) is 0 Å². The highest BCUT2D eigenvalue weighted by Crippen LogP contribution is 2.36. The fourth-order valence-corrected chi connectivity index (χ4v) is 2.63. The van der Waals surface area contributed by atoms with Crippen LogP contribution in [0, 0.1) is 0 Å². The molecular formula is C13H20N2O3. The Balaban J connectivity index is 2.52. The summed E-state index contributed by atoms with van der Waals surface area (Å²) in [5.74, 6) is -0.481. The predicted molar refractivity (Wildman–Crippen MR) is 67.3 cm³/mol. The highest BCUT2D eigenvalue weighted by molar-refractivity contribution is 5.92. The molecule has 1 heterocycles. The van der Waals surface area contributed by atoms with Gasteiger partial charge in [0.2, 0.25) is 5.88 Å². The van der Waals surface area contributed by atoms with Gasteiger partial charge in [-0.3, -0.25) is 0 Å². The molecule has 1 aliphatic rings. The van der Waals surface area contributed by atoms with E-state index in [2.05, 4.69) is 5.10 Å². The lowest BCUT2D eigenvalue weighted by Crippen LogP contribution is -2.09. The Hall–Kier alpha value is -1.52. The molecule has 1 saturated carbocycles. The molecule has 1 aliphatic carbocycles. The molecule has 18 heavy (non-hydrogen) atoms. The normalized spacial score (nSPS) is 16.4. The van der Waals surface area contributed by atoms with Gasteiger partial charge in [0.25, 0.3) is 0 Å². The average Bonchev–Trinajstić information content (AvgIpc) is 2.94. The summed E-state index contributed by atoms with van der Waals surface area (Å²) in [6.45, 7) is 3.90. The van der Waals surface area contributed by atoms with Crippen molar-refractivity contribution in [2.75, 3.05) is 7.11 Å². The van der Waals surface area contributed by atoms with Crippen LogP contribution in [0.25, 0.3) is 0 Å².